The first kappa shape index (κ1) is 12.9. The zero-order valence-corrected chi connectivity index (χ0v) is 12.6. The predicted molar refractivity (Wildman–Crippen MR) is 74.9 cm³/mol. The van der Waals surface area contributed by atoms with Gasteiger partial charge in [-0.05, 0) is 78.3 Å². The van der Waals surface area contributed by atoms with Gasteiger partial charge in [0.25, 0.3) is 0 Å². The van der Waals surface area contributed by atoms with Crippen molar-refractivity contribution in [3.05, 3.63) is 26.7 Å². The molecule has 0 saturated carbocycles. The van der Waals surface area contributed by atoms with E-state index in [1.165, 1.54) is 35.1 Å². The zero-order valence-electron chi connectivity index (χ0n) is 11.0. The molecule has 17 heavy (non-hydrogen) atoms. The Morgan fingerprint density at radius 2 is 1.88 bits per heavy atom. The SMILES string of the molecule is COc1c(C)c(C)c(C2CCCN2)c(C)c1Br. The van der Waals surface area contributed by atoms with Crippen LogP contribution in [0.5, 0.6) is 5.75 Å². The average molecular weight is 298 g/mol. The van der Waals surface area contributed by atoms with Gasteiger partial charge in [0, 0.05) is 6.04 Å². The van der Waals surface area contributed by atoms with E-state index < -0.39 is 0 Å². The van der Waals surface area contributed by atoms with Gasteiger partial charge in [-0.2, -0.15) is 0 Å². The molecule has 0 radical (unpaired) electrons. The maximum atomic E-state index is 5.49. The monoisotopic (exact) mass is 297 g/mol. The predicted octanol–water partition coefficient (Wildman–Crippen LogP) is 3.81. The second-order valence-corrected chi connectivity index (χ2v) is 5.58. The summed E-state index contributed by atoms with van der Waals surface area (Å²) >= 11 is 3.67. The third kappa shape index (κ3) is 2.11. The Labute approximate surface area is 112 Å². The van der Waals surface area contributed by atoms with E-state index in [0.717, 1.165) is 16.8 Å². The van der Waals surface area contributed by atoms with Crippen LogP contribution in [0.15, 0.2) is 4.47 Å². The molecule has 1 N–H and O–H groups in total. The van der Waals surface area contributed by atoms with Gasteiger partial charge in [-0.15, -0.1) is 0 Å². The summed E-state index contributed by atoms with van der Waals surface area (Å²) in [6.45, 7) is 7.64. The zero-order chi connectivity index (χ0) is 12.6. The van der Waals surface area contributed by atoms with Crippen molar-refractivity contribution in [1.29, 1.82) is 0 Å². The fraction of sp³-hybridized carbons (Fsp3) is 0.571. The lowest BCUT2D eigenvalue weighted by molar-refractivity contribution is 0.407. The highest BCUT2D eigenvalue weighted by Gasteiger charge is 2.24. The molecule has 0 aliphatic carbocycles. The molecule has 2 nitrogen and oxygen atoms in total. The topological polar surface area (TPSA) is 21.3 Å². The molecule has 1 atom stereocenters. The van der Waals surface area contributed by atoms with E-state index in [1.807, 2.05) is 0 Å². The minimum Gasteiger partial charge on any atom is -0.495 e. The molecule has 1 aliphatic heterocycles. The van der Waals surface area contributed by atoms with Gasteiger partial charge in [-0.1, -0.05) is 0 Å². The molecule has 1 fully saturated rings. The third-order valence-corrected chi connectivity index (χ3v) is 4.81. The number of hydrogen-bond acceptors (Lipinski definition) is 2. The fourth-order valence-corrected chi connectivity index (χ4v) is 3.48. The highest BCUT2D eigenvalue weighted by Crippen LogP contribution is 2.40. The standard InChI is InChI=1S/C14H20BrNO/c1-8-9(2)14(17-4)13(15)10(3)12(8)11-6-5-7-16-11/h11,16H,5-7H2,1-4H3. The summed E-state index contributed by atoms with van der Waals surface area (Å²) in [4.78, 5) is 0. The average Bonchev–Trinajstić information content (AvgIpc) is 2.81. The molecule has 0 spiro atoms. The molecule has 0 bridgehead atoms. The minimum absolute atomic E-state index is 0.510. The Morgan fingerprint density at radius 1 is 1.18 bits per heavy atom. The van der Waals surface area contributed by atoms with Gasteiger partial charge in [0.2, 0.25) is 0 Å². The molecule has 94 valence electrons. The number of benzene rings is 1. The van der Waals surface area contributed by atoms with Crippen LogP contribution in [0, 0.1) is 20.8 Å². The van der Waals surface area contributed by atoms with Crippen molar-refractivity contribution in [3.8, 4) is 5.75 Å². The van der Waals surface area contributed by atoms with E-state index in [4.69, 9.17) is 4.74 Å². The maximum absolute atomic E-state index is 5.49. The van der Waals surface area contributed by atoms with Crippen LogP contribution in [0.2, 0.25) is 0 Å². The molecule has 1 aliphatic rings. The van der Waals surface area contributed by atoms with E-state index in [2.05, 4.69) is 42.0 Å². The van der Waals surface area contributed by atoms with Gasteiger partial charge < -0.3 is 10.1 Å². The molecule has 1 aromatic carbocycles. The molecular formula is C14H20BrNO. The Balaban J connectivity index is 2.59. The van der Waals surface area contributed by atoms with Crippen molar-refractivity contribution < 1.29 is 4.74 Å². The first-order chi connectivity index (χ1) is 8.07. The van der Waals surface area contributed by atoms with Gasteiger partial charge in [0.05, 0.1) is 11.6 Å². The van der Waals surface area contributed by atoms with Crippen molar-refractivity contribution in [2.24, 2.45) is 0 Å². The van der Waals surface area contributed by atoms with E-state index in [9.17, 15) is 0 Å². The van der Waals surface area contributed by atoms with Gasteiger partial charge in [0.1, 0.15) is 5.75 Å². The second-order valence-electron chi connectivity index (χ2n) is 4.78. The molecule has 0 aromatic heterocycles. The van der Waals surface area contributed by atoms with Crippen LogP contribution in [-0.2, 0) is 0 Å². The Hall–Kier alpha value is -0.540. The largest absolute Gasteiger partial charge is 0.495 e. The van der Waals surface area contributed by atoms with Crippen molar-refractivity contribution in [1.82, 2.24) is 5.32 Å². The molecule has 3 heteroatoms. The van der Waals surface area contributed by atoms with E-state index >= 15 is 0 Å². The lowest BCUT2D eigenvalue weighted by Gasteiger charge is -2.22. The summed E-state index contributed by atoms with van der Waals surface area (Å²) in [5.41, 5.74) is 5.37. The van der Waals surface area contributed by atoms with Gasteiger partial charge in [-0.3, -0.25) is 0 Å². The number of halogens is 1. The molecule has 1 heterocycles. The molecule has 1 saturated heterocycles. The number of hydrogen-bond donors (Lipinski definition) is 1. The Morgan fingerprint density at radius 3 is 2.41 bits per heavy atom. The number of rotatable bonds is 2. The normalized spacial score (nSPS) is 19.7. The van der Waals surface area contributed by atoms with Crippen LogP contribution in [0.4, 0.5) is 0 Å². The van der Waals surface area contributed by atoms with Crippen molar-refractivity contribution in [2.75, 3.05) is 13.7 Å². The minimum atomic E-state index is 0.510. The molecular weight excluding hydrogens is 278 g/mol. The van der Waals surface area contributed by atoms with Gasteiger partial charge in [-0.25, -0.2) is 0 Å². The van der Waals surface area contributed by atoms with Crippen molar-refractivity contribution >= 4 is 15.9 Å². The summed E-state index contributed by atoms with van der Waals surface area (Å²) in [6.07, 6.45) is 2.51. The molecule has 0 amide bonds. The highest BCUT2D eigenvalue weighted by molar-refractivity contribution is 9.10. The van der Waals surface area contributed by atoms with E-state index in [0.29, 0.717) is 6.04 Å². The second kappa shape index (κ2) is 4.99. The summed E-state index contributed by atoms with van der Waals surface area (Å²) in [7, 11) is 1.74. The maximum Gasteiger partial charge on any atom is 0.136 e. The molecule has 2 rings (SSSR count). The van der Waals surface area contributed by atoms with Crippen LogP contribution in [0.3, 0.4) is 0 Å². The fourth-order valence-electron chi connectivity index (χ4n) is 2.80. The number of nitrogens with one attached hydrogen (secondary N) is 1. The van der Waals surface area contributed by atoms with Crippen LogP contribution in [-0.4, -0.2) is 13.7 Å². The Bertz CT molecular complexity index is 407. The number of methoxy groups -OCH3 is 1. The molecule has 1 aromatic rings. The van der Waals surface area contributed by atoms with Gasteiger partial charge >= 0.3 is 0 Å². The van der Waals surface area contributed by atoms with E-state index in [1.54, 1.807) is 7.11 Å². The highest BCUT2D eigenvalue weighted by atomic mass is 79.9. The van der Waals surface area contributed by atoms with Crippen LogP contribution < -0.4 is 10.1 Å². The first-order valence-electron chi connectivity index (χ1n) is 6.14. The van der Waals surface area contributed by atoms with Crippen LogP contribution in [0.1, 0.15) is 41.1 Å². The summed E-state index contributed by atoms with van der Waals surface area (Å²) in [6, 6.07) is 0.510. The summed E-state index contributed by atoms with van der Waals surface area (Å²) in [5, 5.41) is 3.58. The lowest BCUT2D eigenvalue weighted by Crippen LogP contribution is -2.16. The molecule has 1 unspecified atom stereocenters. The quantitative estimate of drug-likeness (QED) is 0.896. The van der Waals surface area contributed by atoms with Crippen LogP contribution >= 0.6 is 15.9 Å². The van der Waals surface area contributed by atoms with Crippen molar-refractivity contribution in [3.63, 3.8) is 0 Å². The van der Waals surface area contributed by atoms with Gasteiger partial charge in [0.15, 0.2) is 0 Å². The summed E-state index contributed by atoms with van der Waals surface area (Å²) in [5.74, 6) is 0.974. The van der Waals surface area contributed by atoms with E-state index in [-0.39, 0.29) is 0 Å². The smallest absolute Gasteiger partial charge is 0.136 e. The summed E-state index contributed by atoms with van der Waals surface area (Å²) < 4.78 is 6.59. The van der Waals surface area contributed by atoms with Crippen LogP contribution in [0.25, 0.3) is 0 Å². The Kier molecular flexibility index (Phi) is 3.79. The number of ether oxygens (including phenoxy) is 1. The van der Waals surface area contributed by atoms with Crippen molar-refractivity contribution in [2.45, 2.75) is 39.7 Å². The first-order valence-corrected chi connectivity index (χ1v) is 6.93. The third-order valence-electron chi connectivity index (χ3n) is 3.85. The lowest BCUT2D eigenvalue weighted by atomic mass is 9.91.